The van der Waals surface area contributed by atoms with Gasteiger partial charge in [0.2, 0.25) is 0 Å². The fraction of sp³-hybridized carbons (Fsp3) is 0.333. The van der Waals surface area contributed by atoms with Crippen LogP contribution >= 0.6 is 0 Å². The van der Waals surface area contributed by atoms with Crippen molar-refractivity contribution in [1.82, 2.24) is 0 Å². The molecule has 0 aromatic rings. The molecule has 0 aromatic heterocycles. The van der Waals surface area contributed by atoms with Crippen molar-refractivity contribution in [2.24, 2.45) is 0 Å². The first-order valence-corrected chi connectivity index (χ1v) is 4.65. The molecule has 0 saturated heterocycles. The maximum absolute atomic E-state index is 2.23. The Bertz CT molecular complexity index is 180. The third kappa shape index (κ3) is 4.73. The average Bonchev–Trinajstić information content (AvgIpc) is 2.05. The van der Waals surface area contributed by atoms with Gasteiger partial charge in [-0.05, 0) is 25.7 Å². The topological polar surface area (TPSA) is 0 Å². The van der Waals surface area contributed by atoms with Gasteiger partial charge in [-0.25, -0.2) is 0 Å². The van der Waals surface area contributed by atoms with Gasteiger partial charge in [-0.1, -0.05) is 48.6 Å². The number of allylic oxidation sites excluding steroid dienone is 8. The van der Waals surface area contributed by atoms with Crippen LogP contribution in [0.25, 0.3) is 0 Å². The fourth-order valence-corrected chi connectivity index (χ4v) is 1.13. The van der Waals surface area contributed by atoms with Gasteiger partial charge in [0.1, 0.15) is 0 Å². The summed E-state index contributed by atoms with van der Waals surface area (Å²) in [7, 11) is 0. The Morgan fingerprint density at radius 3 is 1.42 bits per heavy atom. The molecule has 0 unspecified atom stereocenters. The van der Waals surface area contributed by atoms with Gasteiger partial charge in [0, 0.05) is 0 Å². The van der Waals surface area contributed by atoms with Crippen LogP contribution < -0.4 is 0 Å². The van der Waals surface area contributed by atoms with Crippen LogP contribution in [0.2, 0.25) is 0 Å². The summed E-state index contributed by atoms with van der Waals surface area (Å²) < 4.78 is 0. The average molecular weight is 160 g/mol. The van der Waals surface area contributed by atoms with E-state index in [1.54, 1.807) is 0 Å². The minimum Gasteiger partial charge on any atom is -0.0845 e. The first kappa shape index (κ1) is 9.05. The quantitative estimate of drug-likeness (QED) is 0.506. The van der Waals surface area contributed by atoms with Gasteiger partial charge in [-0.15, -0.1) is 0 Å². The third-order valence-electron chi connectivity index (χ3n) is 1.82. The Morgan fingerprint density at radius 2 is 0.917 bits per heavy atom. The normalized spacial score (nSPS) is 24.0. The van der Waals surface area contributed by atoms with Crippen LogP contribution in [0.5, 0.6) is 0 Å². The zero-order valence-electron chi connectivity index (χ0n) is 7.45. The molecule has 0 nitrogen and oxygen atoms in total. The summed E-state index contributed by atoms with van der Waals surface area (Å²) in [6.45, 7) is 0. The van der Waals surface area contributed by atoms with Crippen LogP contribution in [0, 0.1) is 0 Å². The second-order valence-corrected chi connectivity index (χ2v) is 2.91. The van der Waals surface area contributed by atoms with Gasteiger partial charge in [-0.2, -0.15) is 0 Å². The molecule has 0 heterocycles. The molecule has 0 saturated carbocycles. The molecule has 0 aliphatic heterocycles. The van der Waals surface area contributed by atoms with E-state index < -0.39 is 0 Å². The second kappa shape index (κ2) is 6.66. The monoisotopic (exact) mass is 160 g/mol. The van der Waals surface area contributed by atoms with Crippen LogP contribution in [0.15, 0.2) is 48.6 Å². The molecule has 1 aliphatic carbocycles. The maximum atomic E-state index is 2.23. The van der Waals surface area contributed by atoms with E-state index in [0.29, 0.717) is 0 Å². The molecule has 0 heteroatoms. The summed E-state index contributed by atoms with van der Waals surface area (Å²) in [4.78, 5) is 0. The van der Waals surface area contributed by atoms with E-state index in [-0.39, 0.29) is 0 Å². The third-order valence-corrected chi connectivity index (χ3v) is 1.82. The van der Waals surface area contributed by atoms with Crippen molar-refractivity contribution >= 4 is 0 Å². The Hall–Kier alpha value is -1.04. The van der Waals surface area contributed by atoms with Crippen LogP contribution in [0.3, 0.4) is 0 Å². The molecule has 0 spiro atoms. The zero-order valence-corrected chi connectivity index (χ0v) is 7.45. The lowest BCUT2D eigenvalue weighted by molar-refractivity contribution is 0.762. The molecule has 0 fully saturated rings. The Labute approximate surface area is 75.0 Å². The molecule has 0 radical (unpaired) electrons. The zero-order chi connectivity index (χ0) is 8.49. The SMILES string of the molecule is C1=C/C=C/C=C\CCCCC=C1. The van der Waals surface area contributed by atoms with Crippen LogP contribution in [0.4, 0.5) is 0 Å². The molecular formula is C12H16. The van der Waals surface area contributed by atoms with Crippen molar-refractivity contribution in [2.45, 2.75) is 25.7 Å². The largest absolute Gasteiger partial charge is 0.0845 e. The van der Waals surface area contributed by atoms with Gasteiger partial charge < -0.3 is 0 Å². The molecule has 1 aliphatic rings. The van der Waals surface area contributed by atoms with Gasteiger partial charge in [0.15, 0.2) is 0 Å². The van der Waals surface area contributed by atoms with Gasteiger partial charge >= 0.3 is 0 Å². The lowest BCUT2D eigenvalue weighted by atomic mass is 10.1. The Morgan fingerprint density at radius 1 is 0.500 bits per heavy atom. The van der Waals surface area contributed by atoms with E-state index in [9.17, 15) is 0 Å². The minimum absolute atomic E-state index is 1.21. The summed E-state index contributed by atoms with van der Waals surface area (Å²) in [5, 5.41) is 0. The van der Waals surface area contributed by atoms with E-state index in [0.717, 1.165) is 0 Å². The molecule has 0 bridgehead atoms. The standard InChI is InChI=1S/C12H16/c1-2-4-6-8-10-12-11-9-7-5-3-1/h1-8H,9-12H2/b3-1+,4-2?,7-5-,8-6?. The molecule has 0 amide bonds. The summed E-state index contributed by atoms with van der Waals surface area (Å²) in [6.07, 6.45) is 22.0. The van der Waals surface area contributed by atoms with Crippen LogP contribution in [-0.2, 0) is 0 Å². The van der Waals surface area contributed by atoms with Gasteiger partial charge in [0.25, 0.3) is 0 Å². The van der Waals surface area contributed by atoms with Crippen molar-refractivity contribution in [2.75, 3.05) is 0 Å². The second-order valence-electron chi connectivity index (χ2n) is 2.91. The minimum atomic E-state index is 1.21. The summed E-state index contributed by atoms with van der Waals surface area (Å²) in [6, 6.07) is 0. The number of hydrogen-bond donors (Lipinski definition) is 0. The fourth-order valence-electron chi connectivity index (χ4n) is 1.13. The van der Waals surface area contributed by atoms with E-state index in [2.05, 4.69) is 48.6 Å². The van der Waals surface area contributed by atoms with Crippen molar-refractivity contribution in [3.8, 4) is 0 Å². The highest BCUT2D eigenvalue weighted by Gasteiger charge is 1.82. The predicted octanol–water partition coefficient (Wildman–Crippen LogP) is 3.79. The van der Waals surface area contributed by atoms with E-state index >= 15 is 0 Å². The summed E-state index contributed by atoms with van der Waals surface area (Å²) in [5.74, 6) is 0. The van der Waals surface area contributed by atoms with E-state index in [1.165, 1.54) is 25.7 Å². The summed E-state index contributed by atoms with van der Waals surface area (Å²) >= 11 is 0. The molecule has 0 atom stereocenters. The van der Waals surface area contributed by atoms with E-state index in [4.69, 9.17) is 0 Å². The first-order valence-electron chi connectivity index (χ1n) is 4.65. The maximum Gasteiger partial charge on any atom is -0.0347 e. The van der Waals surface area contributed by atoms with Crippen molar-refractivity contribution in [3.63, 3.8) is 0 Å². The van der Waals surface area contributed by atoms with E-state index in [1.807, 2.05) is 0 Å². The molecule has 0 N–H and O–H groups in total. The van der Waals surface area contributed by atoms with Gasteiger partial charge in [-0.3, -0.25) is 0 Å². The van der Waals surface area contributed by atoms with Crippen LogP contribution in [0.1, 0.15) is 25.7 Å². The smallest absolute Gasteiger partial charge is 0.0347 e. The van der Waals surface area contributed by atoms with Gasteiger partial charge in [0.05, 0.1) is 0 Å². The summed E-state index contributed by atoms with van der Waals surface area (Å²) in [5.41, 5.74) is 0. The van der Waals surface area contributed by atoms with Crippen molar-refractivity contribution < 1.29 is 0 Å². The Kier molecular flexibility index (Phi) is 5.02. The highest BCUT2D eigenvalue weighted by atomic mass is 13.9. The number of hydrogen-bond acceptors (Lipinski definition) is 0. The van der Waals surface area contributed by atoms with Crippen molar-refractivity contribution in [3.05, 3.63) is 48.6 Å². The highest BCUT2D eigenvalue weighted by molar-refractivity contribution is 5.15. The van der Waals surface area contributed by atoms with Crippen molar-refractivity contribution in [1.29, 1.82) is 0 Å². The first-order chi connectivity index (χ1) is 6.00. The molecule has 0 aromatic carbocycles. The lowest BCUT2D eigenvalue weighted by Crippen LogP contribution is -1.72. The predicted molar refractivity (Wildman–Crippen MR) is 55.0 cm³/mol. The van der Waals surface area contributed by atoms with Crippen LogP contribution in [-0.4, -0.2) is 0 Å². The molecule has 1 rings (SSSR count). The Balaban J connectivity index is 2.43. The molecule has 12 heavy (non-hydrogen) atoms. The molecule has 64 valence electrons. The highest BCUT2D eigenvalue weighted by Crippen LogP contribution is 2.02. The molecular weight excluding hydrogens is 144 g/mol. The lowest BCUT2D eigenvalue weighted by Gasteiger charge is -1.92. The number of rotatable bonds is 0.